The molecule has 0 amide bonds. The van der Waals surface area contributed by atoms with Crippen molar-refractivity contribution in [1.82, 2.24) is 0 Å². The number of ether oxygens (including phenoxy) is 6. The minimum atomic E-state index is -1.72. The SMILES string of the molecule is CC/C=C\C/C=C\C/C=C\C/C=C\C/C=C\C/C=C\CCCCC(=O)OC(COCCCCCCCCCCCC/C=C\C/C=C\CCCCCCC)COC1OC(COC2OC(CO)C(O)C(O)C2O)C(O)C(O)C1O. The Morgan fingerprint density at radius 2 is 0.844 bits per heavy atom. The number of hydrogen-bond acceptors (Lipinski definition) is 14. The van der Waals surface area contributed by atoms with Crippen LogP contribution in [0.5, 0.6) is 0 Å². The quantitative estimate of drug-likeness (QED) is 0.0172. The number of aliphatic hydroxyl groups excluding tert-OH is 7. The molecule has 0 aliphatic carbocycles. The zero-order chi connectivity index (χ0) is 55.8. The fourth-order valence-corrected chi connectivity index (χ4v) is 8.79. The summed E-state index contributed by atoms with van der Waals surface area (Å²) in [5.41, 5.74) is 0. The highest BCUT2D eigenvalue weighted by Crippen LogP contribution is 2.26. The van der Waals surface area contributed by atoms with Crippen molar-refractivity contribution in [2.45, 2.75) is 261 Å². The van der Waals surface area contributed by atoms with Gasteiger partial charge in [-0.1, -0.05) is 188 Å². The lowest BCUT2D eigenvalue weighted by molar-refractivity contribution is -0.332. The van der Waals surface area contributed by atoms with E-state index in [1.165, 1.54) is 89.9 Å². The molecule has 442 valence electrons. The molecule has 2 fully saturated rings. The van der Waals surface area contributed by atoms with E-state index < -0.39 is 86.7 Å². The van der Waals surface area contributed by atoms with Crippen LogP contribution in [0.3, 0.4) is 0 Å². The van der Waals surface area contributed by atoms with Gasteiger partial charge in [-0.15, -0.1) is 0 Å². The summed E-state index contributed by atoms with van der Waals surface area (Å²) in [5, 5.41) is 72.4. The Morgan fingerprint density at radius 1 is 0.442 bits per heavy atom. The lowest BCUT2D eigenvalue weighted by Crippen LogP contribution is -2.61. The first-order chi connectivity index (χ1) is 37.6. The third-order valence-electron chi connectivity index (χ3n) is 13.6. The highest BCUT2D eigenvalue weighted by atomic mass is 16.7. The Bertz CT molecular complexity index is 1640. The van der Waals surface area contributed by atoms with Gasteiger partial charge in [-0.05, 0) is 96.3 Å². The number of hydrogen-bond donors (Lipinski definition) is 7. The van der Waals surface area contributed by atoms with E-state index in [0.717, 1.165) is 77.0 Å². The minimum absolute atomic E-state index is 0.0357. The van der Waals surface area contributed by atoms with Gasteiger partial charge in [0.1, 0.15) is 54.9 Å². The normalized spacial score (nSPS) is 25.0. The monoisotopic (exact) mass is 1090 g/mol. The number of unbranched alkanes of at least 4 members (excludes halogenated alkanes) is 17. The summed E-state index contributed by atoms with van der Waals surface area (Å²) in [6.45, 7) is 3.49. The first-order valence-corrected chi connectivity index (χ1v) is 29.8. The van der Waals surface area contributed by atoms with Gasteiger partial charge in [0.15, 0.2) is 12.6 Å². The Kier molecular flexibility index (Phi) is 44.4. The van der Waals surface area contributed by atoms with Crippen LogP contribution in [0.4, 0.5) is 0 Å². The Morgan fingerprint density at radius 3 is 1.32 bits per heavy atom. The van der Waals surface area contributed by atoms with Crippen LogP contribution in [0.25, 0.3) is 0 Å². The number of rotatable bonds is 47. The number of aliphatic hydroxyl groups is 7. The predicted octanol–water partition coefficient (Wildman–Crippen LogP) is 11.0. The Labute approximate surface area is 464 Å². The topological polar surface area (TPSA) is 214 Å². The van der Waals surface area contributed by atoms with E-state index >= 15 is 0 Å². The van der Waals surface area contributed by atoms with Crippen molar-refractivity contribution in [3.63, 3.8) is 0 Å². The molecule has 0 aromatic carbocycles. The van der Waals surface area contributed by atoms with Crippen LogP contribution in [-0.2, 0) is 33.2 Å². The van der Waals surface area contributed by atoms with Crippen molar-refractivity contribution >= 4 is 5.97 Å². The van der Waals surface area contributed by atoms with Crippen molar-refractivity contribution in [3.05, 3.63) is 97.2 Å². The predicted molar refractivity (Wildman–Crippen MR) is 307 cm³/mol. The summed E-state index contributed by atoms with van der Waals surface area (Å²) in [6.07, 6.45) is 48.9. The van der Waals surface area contributed by atoms with Crippen LogP contribution in [0.2, 0.25) is 0 Å². The highest BCUT2D eigenvalue weighted by Gasteiger charge is 2.47. The standard InChI is InChI=1S/C63H106O14/c1-3-5-7-9-11-13-15-17-19-21-23-25-27-29-31-33-35-37-39-41-43-45-47-72-49-52(50-73-62-61(71)59(69)57(67)54(77-62)51-74-63-60(70)58(68)56(66)53(48-64)76-63)75-55(65)46-44-42-40-38-36-34-32-30-28-26-24-22-20-18-16-14-12-10-8-6-4-2/h6,8,12,14-15,17-18,20-21,23-24,26,30,32,36,38,52-54,56-64,66-71H,3-5,7,9-11,13,16,19,22,25,27-29,31,33-35,37,39-51H2,1-2H3/b8-6-,14-12-,17-15-,20-18-,23-21-,26-24-,32-30-,38-36-. The van der Waals surface area contributed by atoms with Gasteiger partial charge in [0.05, 0.1) is 26.4 Å². The number of carbonyl (C=O) groups excluding carboxylic acids is 1. The summed E-state index contributed by atoms with van der Waals surface area (Å²) in [5.74, 6) is -0.421. The maximum absolute atomic E-state index is 13.1. The van der Waals surface area contributed by atoms with Crippen LogP contribution in [-0.4, -0.2) is 142 Å². The van der Waals surface area contributed by atoms with E-state index in [9.17, 15) is 40.5 Å². The largest absolute Gasteiger partial charge is 0.457 e. The molecule has 2 aliphatic rings. The lowest BCUT2D eigenvalue weighted by atomic mass is 9.98. The first kappa shape index (κ1) is 70.0. The number of allylic oxidation sites excluding steroid dienone is 16. The smallest absolute Gasteiger partial charge is 0.306 e. The van der Waals surface area contributed by atoms with E-state index in [1.54, 1.807) is 0 Å². The molecule has 77 heavy (non-hydrogen) atoms. The van der Waals surface area contributed by atoms with Crippen LogP contribution < -0.4 is 0 Å². The molecular weight excluding hydrogens is 981 g/mol. The Hall–Kier alpha value is -3.09. The number of esters is 1. The van der Waals surface area contributed by atoms with Gasteiger partial charge in [-0.3, -0.25) is 4.79 Å². The summed E-state index contributed by atoms with van der Waals surface area (Å²) in [4.78, 5) is 13.1. The molecule has 11 unspecified atom stereocenters. The van der Waals surface area contributed by atoms with Crippen molar-refractivity contribution in [3.8, 4) is 0 Å². The van der Waals surface area contributed by atoms with Gasteiger partial charge in [-0.2, -0.15) is 0 Å². The van der Waals surface area contributed by atoms with Crippen LogP contribution in [0.15, 0.2) is 97.2 Å². The second-order valence-electron chi connectivity index (χ2n) is 20.4. The molecule has 0 saturated carbocycles. The zero-order valence-electron chi connectivity index (χ0n) is 47.4. The maximum atomic E-state index is 13.1. The van der Waals surface area contributed by atoms with Crippen molar-refractivity contribution < 1.29 is 69.0 Å². The minimum Gasteiger partial charge on any atom is -0.457 e. The van der Waals surface area contributed by atoms with Gasteiger partial charge in [0.25, 0.3) is 0 Å². The zero-order valence-corrected chi connectivity index (χ0v) is 47.4. The van der Waals surface area contributed by atoms with Gasteiger partial charge < -0.3 is 64.2 Å². The van der Waals surface area contributed by atoms with Crippen LogP contribution in [0, 0.1) is 0 Å². The molecule has 0 aromatic rings. The van der Waals surface area contributed by atoms with E-state index in [4.69, 9.17) is 28.4 Å². The van der Waals surface area contributed by atoms with E-state index in [2.05, 4.69) is 111 Å². The van der Waals surface area contributed by atoms with Crippen LogP contribution in [0.1, 0.15) is 194 Å². The van der Waals surface area contributed by atoms with Crippen LogP contribution >= 0.6 is 0 Å². The molecule has 0 radical (unpaired) electrons. The highest BCUT2D eigenvalue weighted by molar-refractivity contribution is 5.69. The fourth-order valence-electron chi connectivity index (χ4n) is 8.79. The third kappa shape index (κ3) is 35.3. The summed E-state index contributed by atoms with van der Waals surface area (Å²) >= 11 is 0. The molecule has 7 N–H and O–H groups in total. The van der Waals surface area contributed by atoms with Gasteiger partial charge in [0, 0.05) is 13.0 Å². The van der Waals surface area contributed by atoms with E-state index in [-0.39, 0.29) is 19.6 Å². The average Bonchev–Trinajstić information content (AvgIpc) is 3.43. The second kappa shape index (κ2) is 48.8. The molecule has 2 rings (SSSR count). The molecular formula is C63H106O14. The molecule has 0 spiro atoms. The van der Waals surface area contributed by atoms with Gasteiger partial charge in [-0.25, -0.2) is 0 Å². The van der Waals surface area contributed by atoms with E-state index in [1.807, 2.05) is 0 Å². The molecule has 14 nitrogen and oxygen atoms in total. The average molecular weight is 1090 g/mol. The maximum Gasteiger partial charge on any atom is 0.306 e. The van der Waals surface area contributed by atoms with Gasteiger partial charge in [0.2, 0.25) is 0 Å². The molecule has 2 heterocycles. The molecule has 0 aromatic heterocycles. The summed E-state index contributed by atoms with van der Waals surface area (Å²) in [7, 11) is 0. The second-order valence-corrected chi connectivity index (χ2v) is 20.4. The van der Waals surface area contributed by atoms with Crippen molar-refractivity contribution in [1.29, 1.82) is 0 Å². The fraction of sp³-hybridized carbons (Fsp3) is 0.730. The number of carbonyl (C=O) groups is 1. The molecule has 0 bridgehead atoms. The van der Waals surface area contributed by atoms with E-state index in [0.29, 0.717) is 13.0 Å². The summed E-state index contributed by atoms with van der Waals surface area (Å²) in [6, 6.07) is 0. The van der Waals surface area contributed by atoms with Gasteiger partial charge >= 0.3 is 5.97 Å². The molecule has 2 aliphatic heterocycles. The molecule has 11 atom stereocenters. The molecule has 14 heteroatoms. The lowest BCUT2D eigenvalue weighted by Gasteiger charge is -2.42. The third-order valence-corrected chi connectivity index (χ3v) is 13.6. The van der Waals surface area contributed by atoms with Crippen molar-refractivity contribution in [2.24, 2.45) is 0 Å². The van der Waals surface area contributed by atoms with Crippen molar-refractivity contribution in [2.75, 3.05) is 33.0 Å². The Balaban J connectivity index is 1.74. The first-order valence-electron chi connectivity index (χ1n) is 29.8. The summed E-state index contributed by atoms with van der Waals surface area (Å²) < 4.78 is 34.4. The molecule has 2 saturated heterocycles.